The van der Waals surface area contributed by atoms with Crippen LogP contribution in [0.25, 0.3) is 0 Å². The lowest BCUT2D eigenvalue weighted by molar-refractivity contribution is 0.885. The van der Waals surface area contributed by atoms with Crippen LogP contribution in [0.2, 0.25) is 0 Å². The van der Waals surface area contributed by atoms with Gasteiger partial charge in [-0.15, -0.1) is 0 Å². The minimum atomic E-state index is 0.421. The van der Waals surface area contributed by atoms with Gasteiger partial charge in [0.25, 0.3) is 0 Å². The summed E-state index contributed by atoms with van der Waals surface area (Å²) < 4.78 is 0. The molecule has 0 amide bonds. The van der Waals surface area contributed by atoms with Crippen LogP contribution in [0.3, 0.4) is 0 Å². The maximum atomic E-state index is 5.33. The van der Waals surface area contributed by atoms with E-state index < -0.39 is 0 Å². The summed E-state index contributed by atoms with van der Waals surface area (Å²) in [5, 5.41) is 7.16. The normalized spacial score (nSPS) is 9.85. The van der Waals surface area contributed by atoms with Crippen LogP contribution in [0.4, 0.5) is 22.7 Å². The van der Waals surface area contributed by atoms with Crippen LogP contribution in [0.15, 0.2) is 48.5 Å². The Morgan fingerprint density at radius 3 is 1.35 bits per heavy atom. The average molecular weight is 389 g/mol. The van der Waals surface area contributed by atoms with Gasteiger partial charge < -0.3 is 20.4 Å². The highest BCUT2D eigenvalue weighted by Gasteiger charge is 2.07. The molecular weight excluding hydrogens is 364 g/mol. The van der Waals surface area contributed by atoms with Crippen molar-refractivity contribution in [3.63, 3.8) is 0 Å². The van der Waals surface area contributed by atoms with Gasteiger partial charge in [-0.3, -0.25) is 10.9 Å². The second-order valence-corrected chi connectivity index (χ2v) is 6.80. The molecule has 26 heavy (non-hydrogen) atoms. The number of hydrogen-bond donors (Lipinski definition) is 4. The number of anilines is 4. The zero-order chi connectivity index (χ0) is 19.1. The molecule has 0 saturated heterocycles. The quantitative estimate of drug-likeness (QED) is 0.471. The first-order valence-electron chi connectivity index (χ1n) is 8.05. The van der Waals surface area contributed by atoms with Crippen molar-refractivity contribution in [2.24, 2.45) is 0 Å². The van der Waals surface area contributed by atoms with Gasteiger partial charge in [-0.25, -0.2) is 0 Å². The van der Waals surface area contributed by atoms with E-state index in [-0.39, 0.29) is 0 Å². The van der Waals surface area contributed by atoms with Gasteiger partial charge >= 0.3 is 0 Å². The van der Waals surface area contributed by atoms with Crippen LogP contribution >= 0.6 is 24.4 Å². The second kappa shape index (κ2) is 9.21. The summed E-state index contributed by atoms with van der Waals surface area (Å²) >= 11 is 10.7. The van der Waals surface area contributed by atoms with E-state index in [1.165, 1.54) is 0 Å². The fraction of sp³-hybridized carbons (Fsp3) is 0.222. The third kappa shape index (κ3) is 5.47. The summed E-state index contributed by atoms with van der Waals surface area (Å²) in [6.07, 6.45) is 0. The van der Waals surface area contributed by atoms with E-state index >= 15 is 0 Å². The van der Waals surface area contributed by atoms with Crippen LogP contribution < -0.4 is 31.3 Å². The number of nitrogens with zero attached hydrogens (tertiary/aromatic N) is 2. The number of hydrogen-bond acceptors (Lipinski definition) is 4. The molecule has 138 valence electrons. The van der Waals surface area contributed by atoms with Crippen LogP contribution in [0, 0.1) is 0 Å². The van der Waals surface area contributed by atoms with Gasteiger partial charge in [0.05, 0.1) is 22.7 Å². The van der Waals surface area contributed by atoms with E-state index in [1.54, 1.807) is 0 Å². The lowest BCUT2D eigenvalue weighted by Gasteiger charge is -2.21. The predicted molar refractivity (Wildman–Crippen MR) is 120 cm³/mol. The Bertz CT molecular complexity index is 710. The van der Waals surface area contributed by atoms with E-state index in [0.29, 0.717) is 10.2 Å². The molecule has 0 fully saturated rings. The lowest BCUT2D eigenvalue weighted by atomic mass is 10.2. The monoisotopic (exact) mass is 388 g/mol. The van der Waals surface area contributed by atoms with Crippen molar-refractivity contribution < 1.29 is 0 Å². The highest BCUT2D eigenvalue weighted by atomic mass is 32.1. The molecule has 0 aromatic heterocycles. The van der Waals surface area contributed by atoms with E-state index in [2.05, 4.69) is 21.5 Å². The maximum absolute atomic E-state index is 5.33. The Labute approximate surface area is 165 Å². The number of thiocarbonyl (C=S) groups is 2. The molecule has 4 N–H and O–H groups in total. The van der Waals surface area contributed by atoms with Gasteiger partial charge in [-0.05, 0) is 48.7 Å². The minimum Gasteiger partial charge on any atom is -0.376 e. The standard InChI is InChI=1S/C18H24N6S2/c1-23(2)15-11-7-5-9-13(15)19-17(25)21-22-18(26)20-14-10-6-8-12-16(14)24(3)4/h5-12H,1-4H3,(H2,19,21,25)(H2,20,22,26). The molecule has 2 aromatic carbocycles. The van der Waals surface area contributed by atoms with Gasteiger partial charge in [-0.2, -0.15) is 0 Å². The molecule has 0 radical (unpaired) electrons. The maximum Gasteiger partial charge on any atom is 0.189 e. The first kappa shape index (κ1) is 19.7. The molecule has 0 spiro atoms. The van der Waals surface area contributed by atoms with Crippen molar-refractivity contribution in [2.45, 2.75) is 0 Å². The molecule has 0 aliphatic carbocycles. The molecule has 0 bridgehead atoms. The van der Waals surface area contributed by atoms with Gasteiger partial charge in [0.15, 0.2) is 10.2 Å². The Morgan fingerprint density at radius 2 is 1.00 bits per heavy atom. The topological polar surface area (TPSA) is 54.6 Å². The lowest BCUT2D eigenvalue weighted by Crippen LogP contribution is -2.45. The molecule has 8 heteroatoms. The Kier molecular flexibility index (Phi) is 6.99. The highest BCUT2D eigenvalue weighted by molar-refractivity contribution is 7.81. The minimum absolute atomic E-state index is 0.421. The van der Waals surface area contributed by atoms with Crippen molar-refractivity contribution in [3.05, 3.63) is 48.5 Å². The van der Waals surface area contributed by atoms with Crippen molar-refractivity contribution in [1.29, 1.82) is 0 Å². The zero-order valence-corrected chi connectivity index (χ0v) is 17.0. The van der Waals surface area contributed by atoms with Crippen molar-refractivity contribution in [1.82, 2.24) is 10.9 Å². The Hall–Kier alpha value is -2.58. The summed E-state index contributed by atoms with van der Waals surface area (Å²) in [7, 11) is 7.93. The van der Waals surface area contributed by atoms with E-state index in [9.17, 15) is 0 Å². The average Bonchev–Trinajstić information content (AvgIpc) is 2.60. The van der Waals surface area contributed by atoms with Crippen LogP contribution in [0.5, 0.6) is 0 Å². The van der Waals surface area contributed by atoms with E-state index in [0.717, 1.165) is 22.7 Å². The third-order valence-corrected chi connectivity index (χ3v) is 3.97. The number of nitrogens with one attached hydrogen (secondary N) is 4. The van der Waals surface area contributed by atoms with Gasteiger partial charge in [-0.1, -0.05) is 24.3 Å². The van der Waals surface area contributed by atoms with Crippen molar-refractivity contribution in [3.8, 4) is 0 Å². The molecule has 2 aromatic rings. The third-order valence-electron chi connectivity index (χ3n) is 3.56. The molecule has 0 aliphatic heterocycles. The van der Waals surface area contributed by atoms with Crippen molar-refractivity contribution in [2.75, 3.05) is 48.6 Å². The number of rotatable bonds is 4. The molecule has 0 atom stereocenters. The van der Waals surface area contributed by atoms with Gasteiger partial charge in [0, 0.05) is 28.2 Å². The van der Waals surface area contributed by atoms with Crippen LogP contribution in [-0.2, 0) is 0 Å². The second-order valence-electron chi connectivity index (χ2n) is 5.98. The number of para-hydroxylation sites is 4. The predicted octanol–water partition coefficient (Wildman–Crippen LogP) is 3.01. The van der Waals surface area contributed by atoms with E-state index in [1.807, 2.05) is 86.5 Å². The molecule has 0 aliphatic rings. The smallest absolute Gasteiger partial charge is 0.189 e. The SMILES string of the molecule is CN(C)c1ccccc1NC(=S)NNC(=S)Nc1ccccc1N(C)C. The number of benzene rings is 2. The summed E-state index contributed by atoms with van der Waals surface area (Å²) in [6.45, 7) is 0. The van der Waals surface area contributed by atoms with Crippen molar-refractivity contribution >= 4 is 57.4 Å². The zero-order valence-electron chi connectivity index (χ0n) is 15.3. The summed E-state index contributed by atoms with van der Waals surface area (Å²) in [5.74, 6) is 0. The van der Waals surface area contributed by atoms with Gasteiger partial charge in [0.1, 0.15) is 0 Å². The molecule has 0 unspecified atom stereocenters. The number of hydrazine groups is 1. The summed E-state index contributed by atoms with van der Waals surface area (Å²) in [5.41, 5.74) is 9.70. The highest BCUT2D eigenvalue weighted by Crippen LogP contribution is 2.24. The largest absolute Gasteiger partial charge is 0.376 e. The Morgan fingerprint density at radius 1 is 0.654 bits per heavy atom. The molecule has 2 rings (SSSR count). The molecule has 6 nitrogen and oxygen atoms in total. The van der Waals surface area contributed by atoms with Crippen LogP contribution in [0.1, 0.15) is 0 Å². The molecule has 0 heterocycles. The van der Waals surface area contributed by atoms with Gasteiger partial charge in [0.2, 0.25) is 0 Å². The van der Waals surface area contributed by atoms with E-state index in [4.69, 9.17) is 24.4 Å². The van der Waals surface area contributed by atoms with Crippen LogP contribution in [-0.4, -0.2) is 38.4 Å². The molecule has 0 saturated carbocycles. The fourth-order valence-corrected chi connectivity index (χ4v) is 2.68. The Balaban J connectivity index is 1.91. The fourth-order valence-electron chi connectivity index (χ4n) is 2.36. The molecular formula is C18H24N6S2. The summed E-state index contributed by atoms with van der Waals surface area (Å²) in [6, 6.07) is 15.8. The first-order chi connectivity index (χ1) is 12.4. The summed E-state index contributed by atoms with van der Waals surface area (Å²) in [4.78, 5) is 4.03. The first-order valence-corrected chi connectivity index (χ1v) is 8.87.